The number of benzene rings is 2. The molecule has 1 N–H and O–H groups in total. The first-order valence-electron chi connectivity index (χ1n) is 8.91. The summed E-state index contributed by atoms with van der Waals surface area (Å²) >= 11 is 1.29. The minimum Gasteiger partial charge on any atom is -0.332 e. The summed E-state index contributed by atoms with van der Waals surface area (Å²) in [5.74, 6) is 0. The predicted molar refractivity (Wildman–Crippen MR) is 110 cm³/mol. The fourth-order valence-corrected chi connectivity index (χ4v) is 3.56. The lowest BCUT2D eigenvalue weighted by Crippen LogP contribution is -2.31. The molecular weight excluding hydrogens is 413 g/mol. The van der Waals surface area contributed by atoms with Gasteiger partial charge in [-0.1, -0.05) is 48.5 Å². The highest BCUT2D eigenvalue weighted by Gasteiger charge is 2.35. The van der Waals surface area contributed by atoms with E-state index in [9.17, 15) is 18.0 Å². The highest BCUT2D eigenvalue weighted by atomic mass is 32.1. The van der Waals surface area contributed by atoms with Crippen LogP contribution in [0, 0.1) is 0 Å². The Balaban J connectivity index is 1.68. The van der Waals surface area contributed by atoms with Gasteiger partial charge in [-0.15, -0.1) is 11.3 Å². The average molecular weight is 428 g/mol. The number of para-hydroxylation sites is 1. The topological polar surface area (TPSA) is 59.8 Å². The third-order valence-corrected chi connectivity index (χ3v) is 5.04. The SMILES string of the molecule is O=c1c(C(F)(F)F)cc(-c2ccccc2)nn1Cc1csc(Nc2ccccc2)n1. The molecule has 9 heteroatoms. The van der Waals surface area contributed by atoms with Crippen molar-refractivity contribution in [2.75, 3.05) is 5.32 Å². The molecule has 0 aliphatic heterocycles. The van der Waals surface area contributed by atoms with E-state index in [0.29, 0.717) is 16.4 Å². The van der Waals surface area contributed by atoms with Crippen LogP contribution in [0.4, 0.5) is 24.0 Å². The molecule has 2 heterocycles. The molecule has 2 aromatic carbocycles. The number of rotatable bonds is 5. The third-order valence-electron chi connectivity index (χ3n) is 4.24. The molecule has 0 amide bonds. The van der Waals surface area contributed by atoms with Crippen LogP contribution >= 0.6 is 11.3 Å². The van der Waals surface area contributed by atoms with E-state index in [1.807, 2.05) is 30.3 Å². The molecule has 0 unspecified atom stereocenters. The Kier molecular flexibility index (Phi) is 5.37. The maximum atomic E-state index is 13.4. The van der Waals surface area contributed by atoms with Crippen molar-refractivity contribution < 1.29 is 13.2 Å². The number of thiazole rings is 1. The van der Waals surface area contributed by atoms with Crippen molar-refractivity contribution in [1.82, 2.24) is 14.8 Å². The van der Waals surface area contributed by atoms with Crippen LogP contribution in [-0.2, 0) is 12.7 Å². The molecule has 2 aromatic heterocycles. The van der Waals surface area contributed by atoms with Crippen LogP contribution in [0.3, 0.4) is 0 Å². The Morgan fingerprint density at radius 3 is 2.33 bits per heavy atom. The number of aromatic nitrogens is 3. The molecule has 30 heavy (non-hydrogen) atoms. The van der Waals surface area contributed by atoms with Gasteiger partial charge in [-0.2, -0.15) is 18.3 Å². The molecule has 0 aliphatic carbocycles. The molecule has 4 aromatic rings. The van der Waals surface area contributed by atoms with Crippen LogP contribution in [0.2, 0.25) is 0 Å². The quantitative estimate of drug-likeness (QED) is 0.476. The lowest BCUT2D eigenvalue weighted by atomic mass is 10.1. The van der Waals surface area contributed by atoms with E-state index in [2.05, 4.69) is 15.4 Å². The monoisotopic (exact) mass is 428 g/mol. The van der Waals surface area contributed by atoms with Gasteiger partial charge in [-0.25, -0.2) is 9.67 Å². The lowest BCUT2D eigenvalue weighted by molar-refractivity contribution is -0.139. The van der Waals surface area contributed by atoms with Crippen molar-refractivity contribution in [2.24, 2.45) is 0 Å². The van der Waals surface area contributed by atoms with Gasteiger partial charge in [0.2, 0.25) is 0 Å². The van der Waals surface area contributed by atoms with Crippen molar-refractivity contribution in [1.29, 1.82) is 0 Å². The van der Waals surface area contributed by atoms with Crippen molar-refractivity contribution in [3.63, 3.8) is 0 Å². The van der Waals surface area contributed by atoms with Gasteiger partial charge >= 0.3 is 6.18 Å². The Hall–Kier alpha value is -3.46. The van der Waals surface area contributed by atoms with E-state index in [-0.39, 0.29) is 12.2 Å². The largest absolute Gasteiger partial charge is 0.421 e. The molecule has 0 bridgehead atoms. The minimum atomic E-state index is -4.78. The van der Waals surface area contributed by atoms with Crippen LogP contribution < -0.4 is 10.9 Å². The summed E-state index contributed by atoms with van der Waals surface area (Å²) in [7, 11) is 0. The number of hydrogen-bond acceptors (Lipinski definition) is 5. The minimum absolute atomic E-state index is 0.0698. The molecule has 5 nitrogen and oxygen atoms in total. The van der Waals surface area contributed by atoms with E-state index in [1.165, 1.54) is 11.3 Å². The second-order valence-electron chi connectivity index (χ2n) is 6.40. The number of nitrogens with zero attached hydrogens (tertiary/aromatic N) is 3. The number of anilines is 2. The maximum absolute atomic E-state index is 13.4. The Bertz CT molecular complexity index is 1200. The van der Waals surface area contributed by atoms with Gasteiger partial charge < -0.3 is 5.32 Å². The lowest BCUT2D eigenvalue weighted by Gasteiger charge is -2.12. The molecular formula is C21H15F3N4OS. The van der Waals surface area contributed by atoms with E-state index < -0.39 is 17.3 Å². The first kappa shape index (κ1) is 19.8. The smallest absolute Gasteiger partial charge is 0.332 e. The Morgan fingerprint density at radius 1 is 1.00 bits per heavy atom. The summed E-state index contributed by atoms with van der Waals surface area (Å²) in [6.07, 6.45) is -4.78. The molecule has 0 radical (unpaired) electrons. The van der Waals surface area contributed by atoms with Crippen LogP contribution in [0.5, 0.6) is 0 Å². The average Bonchev–Trinajstić information content (AvgIpc) is 3.17. The summed E-state index contributed by atoms with van der Waals surface area (Å²) in [5, 5.41) is 9.52. The second kappa shape index (κ2) is 8.11. The van der Waals surface area contributed by atoms with E-state index in [0.717, 1.165) is 16.4 Å². The highest BCUT2D eigenvalue weighted by Crippen LogP contribution is 2.29. The maximum Gasteiger partial charge on any atom is 0.421 e. The summed E-state index contributed by atoms with van der Waals surface area (Å²) < 4.78 is 41.1. The number of halogens is 3. The molecule has 4 rings (SSSR count). The van der Waals surface area contributed by atoms with Crippen LogP contribution in [0.15, 0.2) is 76.9 Å². The zero-order valence-corrected chi connectivity index (χ0v) is 16.2. The van der Waals surface area contributed by atoms with E-state index in [1.54, 1.807) is 35.7 Å². The van der Waals surface area contributed by atoms with Gasteiger partial charge in [-0.3, -0.25) is 4.79 Å². The third kappa shape index (κ3) is 4.41. The summed E-state index contributed by atoms with van der Waals surface area (Å²) in [6.45, 7) is -0.171. The van der Waals surface area contributed by atoms with Crippen molar-refractivity contribution in [3.05, 3.63) is 93.7 Å². The first-order chi connectivity index (χ1) is 14.4. The summed E-state index contributed by atoms with van der Waals surface area (Å²) in [4.78, 5) is 16.8. The van der Waals surface area contributed by atoms with E-state index >= 15 is 0 Å². The van der Waals surface area contributed by atoms with Crippen molar-refractivity contribution in [2.45, 2.75) is 12.7 Å². The van der Waals surface area contributed by atoms with Gasteiger partial charge in [0.05, 0.1) is 17.9 Å². The fourth-order valence-electron chi connectivity index (χ4n) is 2.84. The molecule has 0 atom stereocenters. The normalized spacial score (nSPS) is 11.4. The molecule has 0 spiro atoms. The fraction of sp³-hybridized carbons (Fsp3) is 0.0952. The molecule has 152 valence electrons. The first-order valence-corrected chi connectivity index (χ1v) is 9.79. The highest BCUT2D eigenvalue weighted by molar-refractivity contribution is 7.13. The Labute approximate surface area is 173 Å². The van der Waals surface area contributed by atoms with Gasteiger partial charge in [0.15, 0.2) is 5.13 Å². The van der Waals surface area contributed by atoms with Gasteiger partial charge in [-0.05, 0) is 18.2 Å². The second-order valence-corrected chi connectivity index (χ2v) is 7.26. The van der Waals surface area contributed by atoms with Crippen molar-refractivity contribution >= 4 is 22.2 Å². The molecule has 0 saturated carbocycles. The zero-order chi connectivity index (χ0) is 21.1. The number of nitrogens with one attached hydrogen (secondary N) is 1. The van der Waals surface area contributed by atoms with Crippen LogP contribution in [-0.4, -0.2) is 14.8 Å². The van der Waals surface area contributed by atoms with E-state index in [4.69, 9.17) is 0 Å². The summed E-state index contributed by atoms with van der Waals surface area (Å²) in [6, 6.07) is 18.6. The molecule has 0 fully saturated rings. The van der Waals surface area contributed by atoms with Crippen LogP contribution in [0.1, 0.15) is 11.3 Å². The standard InChI is InChI=1S/C21H15F3N4OS/c22-21(23,24)17-11-18(14-7-3-1-4-8-14)27-28(19(17)29)12-16-13-30-20(26-16)25-15-9-5-2-6-10-15/h1-11,13H,12H2,(H,25,26). The van der Waals surface area contributed by atoms with Gasteiger partial charge in [0, 0.05) is 16.6 Å². The van der Waals surface area contributed by atoms with Gasteiger partial charge in [0.25, 0.3) is 5.56 Å². The molecule has 0 saturated heterocycles. The van der Waals surface area contributed by atoms with Crippen molar-refractivity contribution in [3.8, 4) is 11.3 Å². The zero-order valence-electron chi connectivity index (χ0n) is 15.4. The summed E-state index contributed by atoms with van der Waals surface area (Å²) in [5.41, 5.74) is -0.630. The van der Waals surface area contributed by atoms with Crippen LogP contribution in [0.25, 0.3) is 11.3 Å². The number of hydrogen-bond donors (Lipinski definition) is 1. The predicted octanol–water partition coefficient (Wildman–Crippen LogP) is 5.18. The Morgan fingerprint density at radius 2 is 1.67 bits per heavy atom. The number of alkyl halides is 3. The molecule has 0 aliphatic rings. The van der Waals surface area contributed by atoms with Gasteiger partial charge in [0.1, 0.15) is 5.56 Å².